The Kier molecular flexibility index (Phi) is 6.32. The molecule has 0 saturated heterocycles. The van der Waals surface area contributed by atoms with Gasteiger partial charge in [-0.3, -0.25) is 5.32 Å². The summed E-state index contributed by atoms with van der Waals surface area (Å²) in [6, 6.07) is 3.67. The molecular weight excluding hydrogens is 248 g/mol. The summed E-state index contributed by atoms with van der Waals surface area (Å²) in [6.07, 6.45) is 0. The largest absolute Gasteiger partial charge is 0.465 e. The Hall–Kier alpha value is -0.910. The summed E-state index contributed by atoms with van der Waals surface area (Å²) in [7, 11) is 4.02. The summed E-state index contributed by atoms with van der Waals surface area (Å²) in [4.78, 5) is 16.2. The van der Waals surface area contributed by atoms with Crippen molar-refractivity contribution >= 4 is 17.3 Å². The van der Waals surface area contributed by atoms with E-state index in [1.165, 1.54) is 4.88 Å². The molecule has 0 saturated carbocycles. The molecule has 0 spiro atoms. The van der Waals surface area contributed by atoms with Crippen molar-refractivity contribution in [2.24, 2.45) is 0 Å². The Labute approximate surface area is 113 Å². The van der Waals surface area contributed by atoms with Gasteiger partial charge < -0.3 is 9.64 Å². The highest BCUT2D eigenvalue weighted by molar-refractivity contribution is 7.12. The zero-order valence-corrected chi connectivity index (χ0v) is 12.3. The minimum Gasteiger partial charge on any atom is -0.465 e. The topological polar surface area (TPSA) is 41.6 Å². The van der Waals surface area contributed by atoms with Gasteiger partial charge >= 0.3 is 5.97 Å². The lowest BCUT2D eigenvalue weighted by molar-refractivity contribution is -0.145. The molecule has 0 aliphatic heterocycles. The Morgan fingerprint density at radius 3 is 2.72 bits per heavy atom. The van der Waals surface area contributed by atoms with Gasteiger partial charge in [0.05, 0.1) is 6.61 Å². The first kappa shape index (κ1) is 15.1. The third-order valence-electron chi connectivity index (χ3n) is 2.48. The van der Waals surface area contributed by atoms with Crippen molar-refractivity contribution in [3.05, 3.63) is 21.9 Å². The van der Waals surface area contributed by atoms with Crippen LogP contribution in [0.25, 0.3) is 0 Å². The maximum Gasteiger partial charge on any atom is 0.328 e. The van der Waals surface area contributed by atoms with Crippen LogP contribution in [-0.4, -0.2) is 44.7 Å². The molecule has 1 heterocycles. The van der Waals surface area contributed by atoms with Crippen LogP contribution in [0.4, 0.5) is 0 Å². The van der Waals surface area contributed by atoms with Crippen molar-refractivity contribution in [2.75, 3.05) is 33.8 Å². The predicted molar refractivity (Wildman–Crippen MR) is 75.0 cm³/mol. The Morgan fingerprint density at radius 1 is 1.50 bits per heavy atom. The van der Waals surface area contributed by atoms with Gasteiger partial charge in [0.15, 0.2) is 0 Å². The summed E-state index contributed by atoms with van der Waals surface area (Å²) in [5.74, 6) is -0.196. The van der Waals surface area contributed by atoms with Crippen LogP contribution in [0, 0.1) is 6.92 Å². The van der Waals surface area contributed by atoms with Gasteiger partial charge in [0.1, 0.15) is 6.04 Å². The lowest BCUT2D eigenvalue weighted by atomic mass is 10.2. The van der Waals surface area contributed by atoms with E-state index in [1.807, 2.05) is 40.1 Å². The fourth-order valence-electron chi connectivity index (χ4n) is 1.57. The van der Waals surface area contributed by atoms with E-state index in [0.29, 0.717) is 6.61 Å². The zero-order chi connectivity index (χ0) is 13.5. The number of carbonyl (C=O) groups excluding carboxylic acids is 1. The number of aryl methyl sites for hydroxylation is 1. The number of nitrogens with zero attached hydrogens (tertiary/aromatic N) is 1. The summed E-state index contributed by atoms with van der Waals surface area (Å²) in [6.45, 7) is 5.92. The molecule has 0 fully saturated rings. The van der Waals surface area contributed by atoms with E-state index in [0.717, 1.165) is 18.0 Å². The van der Waals surface area contributed by atoms with E-state index in [-0.39, 0.29) is 12.0 Å². The molecule has 4 nitrogen and oxygen atoms in total. The molecular formula is C13H22N2O2S. The van der Waals surface area contributed by atoms with Gasteiger partial charge in [0.2, 0.25) is 0 Å². The van der Waals surface area contributed by atoms with Crippen LogP contribution in [0.2, 0.25) is 0 Å². The van der Waals surface area contributed by atoms with E-state index < -0.39 is 0 Å². The Morgan fingerprint density at radius 2 is 2.22 bits per heavy atom. The summed E-state index contributed by atoms with van der Waals surface area (Å²) < 4.78 is 5.12. The van der Waals surface area contributed by atoms with Crippen LogP contribution in [0.5, 0.6) is 0 Å². The SMILES string of the molecule is CCOC(=O)C(NCCN(C)C)c1ccc(C)s1. The molecule has 5 heteroatoms. The molecule has 1 aromatic rings. The number of hydrogen-bond donors (Lipinski definition) is 1. The third-order valence-corrected chi connectivity index (χ3v) is 3.54. The first-order chi connectivity index (χ1) is 8.54. The zero-order valence-electron chi connectivity index (χ0n) is 11.5. The van der Waals surface area contributed by atoms with Gasteiger partial charge in [-0.05, 0) is 40.1 Å². The Balaban J connectivity index is 2.66. The van der Waals surface area contributed by atoms with E-state index in [9.17, 15) is 4.79 Å². The van der Waals surface area contributed by atoms with Gasteiger partial charge in [0.25, 0.3) is 0 Å². The van der Waals surface area contributed by atoms with Crippen molar-refractivity contribution < 1.29 is 9.53 Å². The monoisotopic (exact) mass is 270 g/mol. The van der Waals surface area contributed by atoms with Gasteiger partial charge in [-0.15, -0.1) is 11.3 Å². The van der Waals surface area contributed by atoms with Crippen molar-refractivity contribution in [3.8, 4) is 0 Å². The predicted octanol–water partition coefficient (Wildman–Crippen LogP) is 1.81. The number of hydrogen-bond acceptors (Lipinski definition) is 5. The quantitative estimate of drug-likeness (QED) is 0.767. The van der Waals surface area contributed by atoms with E-state index >= 15 is 0 Å². The number of thiophene rings is 1. The van der Waals surface area contributed by atoms with Crippen molar-refractivity contribution in [3.63, 3.8) is 0 Å². The first-order valence-corrected chi connectivity index (χ1v) is 6.97. The highest BCUT2D eigenvalue weighted by Gasteiger charge is 2.22. The molecule has 1 unspecified atom stereocenters. The normalized spacial score (nSPS) is 12.7. The minimum absolute atomic E-state index is 0.196. The molecule has 1 aromatic heterocycles. The van der Waals surface area contributed by atoms with Crippen LogP contribution in [0.1, 0.15) is 22.7 Å². The fraction of sp³-hybridized carbons (Fsp3) is 0.615. The molecule has 0 aliphatic carbocycles. The lowest BCUT2D eigenvalue weighted by Gasteiger charge is -2.17. The lowest BCUT2D eigenvalue weighted by Crippen LogP contribution is -2.34. The second-order valence-corrected chi connectivity index (χ2v) is 5.71. The fourth-order valence-corrected chi connectivity index (χ4v) is 2.51. The van der Waals surface area contributed by atoms with E-state index in [1.54, 1.807) is 11.3 Å². The van der Waals surface area contributed by atoms with Gasteiger partial charge in [-0.25, -0.2) is 4.79 Å². The molecule has 0 amide bonds. The average Bonchev–Trinajstić information content (AvgIpc) is 2.71. The molecule has 18 heavy (non-hydrogen) atoms. The molecule has 1 N–H and O–H groups in total. The van der Waals surface area contributed by atoms with Crippen molar-refractivity contribution in [1.29, 1.82) is 0 Å². The second kappa shape index (κ2) is 7.51. The minimum atomic E-state index is -0.344. The van der Waals surface area contributed by atoms with E-state index in [2.05, 4.69) is 10.2 Å². The number of ether oxygens (including phenoxy) is 1. The Bertz CT molecular complexity index is 377. The molecule has 0 bridgehead atoms. The number of likely N-dealkylation sites (N-methyl/N-ethyl adjacent to an activating group) is 1. The highest BCUT2D eigenvalue weighted by Crippen LogP contribution is 2.23. The van der Waals surface area contributed by atoms with Crippen molar-refractivity contribution in [1.82, 2.24) is 10.2 Å². The van der Waals surface area contributed by atoms with Gasteiger partial charge in [-0.1, -0.05) is 0 Å². The van der Waals surface area contributed by atoms with Crippen molar-refractivity contribution in [2.45, 2.75) is 19.9 Å². The number of esters is 1. The molecule has 0 aromatic carbocycles. The third kappa shape index (κ3) is 4.76. The molecule has 102 valence electrons. The standard InChI is InChI=1S/C13H22N2O2S/c1-5-17-13(16)12(14-8-9-15(3)4)11-7-6-10(2)18-11/h6-7,12,14H,5,8-9H2,1-4H3. The number of nitrogens with one attached hydrogen (secondary N) is 1. The number of carbonyl (C=O) groups is 1. The molecule has 1 atom stereocenters. The molecule has 1 rings (SSSR count). The smallest absolute Gasteiger partial charge is 0.328 e. The molecule has 0 aliphatic rings. The summed E-state index contributed by atoms with van der Waals surface area (Å²) >= 11 is 1.63. The summed E-state index contributed by atoms with van der Waals surface area (Å²) in [5, 5.41) is 3.26. The average molecular weight is 270 g/mol. The second-order valence-electron chi connectivity index (χ2n) is 4.39. The van der Waals surface area contributed by atoms with Crippen LogP contribution in [0.3, 0.4) is 0 Å². The highest BCUT2D eigenvalue weighted by atomic mass is 32.1. The first-order valence-electron chi connectivity index (χ1n) is 6.15. The maximum atomic E-state index is 11.9. The van der Waals surface area contributed by atoms with Crippen LogP contribution in [-0.2, 0) is 9.53 Å². The van der Waals surface area contributed by atoms with Crippen LogP contribution >= 0.6 is 11.3 Å². The summed E-state index contributed by atoms with van der Waals surface area (Å²) in [5.41, 5.74) is 0. The maximum absolute atomic E-state index is 11.9. The van der Waals surface area contributed by atoms with Gasteiger partial charge in [0, 0.05) is 22.8 Å². The number of rotatable bonds is 7. The van der Waals surface area contributed by atoms with Gasteiger partial charge in [-0.2, -0.15) is 0 Å². The van der Waals surface area contributed by atoms with E-state index in [4.69, 9.17) is 4.74 Å². The van der Waals surface area contributed by atoms with Crippen LogP contribution in [0.15, 0.2) is 12.1 Å². The van der Waals surface area contributed by atoms with Crippen LogP contribution < -0.4 is 5.32 Å². The molecule has 0 radical (unpaired) electrons.